The quantitative estimate of drug-likeness (QED) is 0.670. The molecular formula is C12H18N2O2. The summed E-state index contributed by atoms with van der Waals surface area (Å²) in [6.45, 7) is 3.67. The molecule has 1 rings (SSSR count). The summed E-state index contributed by atoms with van der Waals surface area (Å²) >= 11 is 0. The van der Waals surface area contributed by atoms with Crippen LogP contribution in [0.3, 0.4) is 0 Å². The van der Waals surface area contributed by atoms with Gasteiger partial charge in [0.15, 0.2) is 0 Å². The second-order valence-electron chi connectivity index (χ2n) is 3.67. The first-order chi connectivity index (χ1) is 7.70. The van der Waals surface area contributed by atoms with Crippen LogP contribution in [-0.4, -0.2) is 25.6 Å². The van der Waals surface area contributed by atoms with Gasteiger partial charge in [0.25, 0.3) is 0 Å². The second kappa shape index (κ2) is 6.85. The number of primary amides is 1. The molecule has 0 aromatic heterocycles. The van der Waals surface area contributed by atoms with Gasteiger partial charge in [-0.1, -0.05) is 25.1 Å². The van der Waals surface area contributed by atoms with E-state index in [-0.39, 0.29) is 11.8 Å². The van der Waals surface area contributed by atoms with Gasteiger partial charge < -0.3 is 15.8 Å². The molecule has 88 valence electrons. The van der Waals surface area contributed by atoms with Crippen LogP contribution in [0.4, 0.5) is 0 Å². The largest absolute Gasteiger partial charge is 0.492 e. The van der Waals surface area contributed by atoms with Gasteiger partial charge in [0.1, 0.15) is 12.4 Å². The third-order valence-electron chi connectivity index (χ3n) is 2.23. The maximum atomic E-state index is 10.7. The Kier molecular flexibility index (Phi) is 5.36. The van der Waals surface area contributed by atoms with Gasteiger partial charge in [-0.15, -0.1) is 0 Å². The van der Waals surface area contributed by atoms with E-state index in [0.29, 0.717) is 19.7 Å². The lowest BCUT2D eigenvalue weighted by molar-refractivity contribution is -0.121. The van der Waals surface area contributed by atoms with Gasteiger partial charge in [0, 0.05) is 19.0 Å². The molecule has 0 aliphatic carbocycles. The van der Waals surface area contributed by atoms with Crippen LogP contribution in [0, 0.1) is 5.92 Å². The highest BCUT2D eigenvalue weighted by atomic mass is 16.5. The van der Waals surface area contributed by atoms with Crippen molar-refractivity contribution in [2.75, 3.05) is 19.7 Å². The van der Waals surface area contributed by atoms with Crippen molar-refractivity contribution in [2.45, 2.75) is 6.92 Å². The minimum absolute atomic E-state index is 0.142. The highest BCUT2D eigenvalue weighted by Gasteiger charge is 2.06. The SMILES string of the molecule is CC(CNCCOc1ccccc1)C(N)=O. The highest BCUT2D eigenvalue weighted by Crippen LogP contribution is 2.07. The van der Waals surface area contributed by atoms with Crippen LogP contribution in [-0.2, 0) is 4.79 Å². The lowest BCUT2D eigenvalue weighted by Gasteiger charge is -2.09. The molecule has 4 nitrogen and oxygen atoms in total. The molecule has 0 radical (unpaired) electrons. The van der Waals surface area contributed by atoms with Gasteiger partial charge in [-0.05, 0) is 12.1 Å². The Balaban J connectivity index is 2.07. The average Bonchev–Trinajstić information content (AvgIpc) is 2.29. The van der Waals surface area contributed by atoms with Crippen molar-refractivity contribution >= 4 is 5.91 Å². The molecule has 1 atom stereocenters. The number of hydrogen-bond donors (Lipinski definition) is 2. The topological polar surface area (TPSA) is 64.3 Å². The van der Waals surface area contributed by atoms with Crippen LogP contribution in [0.1, 0.15) is 6.92 Å². The molecule has 1 unspecified atom stereocenters. The average molecular weight is 222 g/mol. The molecule has 0 spiro atoms. The molecule has 4 heteroatoms. The Morgan fingerprint density at radius 1 is 1.44 bits per heavy atom. The summed E-state index contributed by atoms with van der Waals surface area (Å²) in [5, 5.41) is 3.11. The van der Waals surface area contributed by atoms with E-state index >= 15 is 0 Å². The molecule has 0 saturated heterocycles. The zero-order valence-corrected chi connectivity index (χ0v) is 9.48. The summed E-state index contributed by atoms with van der Waals surface area (Å²) in [6.07, 6.45) is 0. The number of carbonyl (C=O) groups is 1. The van der Waals surface area contributed by atoms with Crippen molar-refractivity contribution < 1.29 is 9.53 Å². The lowest BCUT2D eigenvalue weighted by Crippen LogP contribution is -2.32. The fourth-order valence-corrected chi connectivity index (χ4v) is 1.18. The van der Waals surface area contributed by atoms with Crippen molar-refractivity contribution in [3.8, 4) is 5.75 Å². The van der Waals surface area contributed by atoms with Gasteiger partial charge in [-0.25, -0.2) is 0 Å². The Morgan fingerprint density at radius 2 is 2.12 bits per heavy atom. The van der Waals surface area contributed by atoms with Gasteiger partial charge in [0.2, 0.25) is 5.91 Å². The number of benzene rings is 1. The smallest absolute Gasteiger partial charge is 0.221 e. The minimum atomic E-state index is -0.281. The Morgan fingerprint density at radius 3 is 2.75 bits per heavy atom. The zero-order chi connectivity index (χ0) is 11.8. The molecule has 0 bridgehead atoms. The molecule has 0 heterocycles. The van der Waals surface area contributed by atoms with E-state index in [1.165, 1.54) is 0 Å². The molecule has 1 aromatic carbocycles. The molecule has 0 aliphatic heterocycles. The molecule has 3 N–H and O–H groups in total. The van der Waals surface area contributed by atoms with E-state index in [9.17, 15) is 4.79 Å². The van der Waals surface area contributed by atoms with E-state index in [4.69, 9.17) is 10.5 Å². The molecule has 1 aromatic rings. The summed E-state index contributed by atoms with van der Waals surface area (Å²) < 4.78 is 5.47. The number of ether oxygens (including phenoxy) is 1. The van der Waals surface area contributed by atoms with E-state index in [1.54, 1.807) is 6.92 Å². The van der Waals surface area contributed by atoms with Crippen LogP contribution in [0.15, 0.2) is 30.3 Å². The summed E-state index contributed by atoms with van der Waals surface area (Å²) in [5.41, 5.74) is 5.13. The molecule has 16 heavy (non-hydrogen) atoms. The van der Waals surface area contributed by atoms with Crippen molar-refractivity contribution in [1.82, 2.24) is 5.32 Å². The van der Waals surface area contributed by atoms with Gasteiger partial charge in [-0.3, -0.25) is 4.79 Å². The number of para-hydroxylation sites is 1. The van der Waals surface area contributed by atoms with E-state index in [1.807, 2.05) is 30.3 Å². The highest BCUT2D eigenvalue weighted by molar-refractivity contribution is 5.76. The fourth-order valence-electron chi connectivity index (χ4n) is 1.18. The lowest BCUT2D eigenvalue weighted by atomic mass is 10.2. The number of hydrogen-bond acceptors (Lipinski definition) is 3. The zero-order valence-electron chi connectivity index (χ0n) is 9.48. The monoisotopic (exact) mass is 222 g/mol. The molecule has 0 aliphatic rings. The van der Waals surface area contributed by atoms with Crippen LogP contribution in [0.25, 0.3) is 0 Å². The van der Waals surface area contributed by atoms with Gasteiger partial charge >= 0.3 is 0 Å². The first kappa shape index (κ1) is 12.5. The summed E-state index contributed by atoms with van der Waals surface area (Å²) in [7, 11) is 0. The maximum Gasteiger partial charge on any atom is 0.221 e. The first-order valence-electron chi connectivity index (χ1n) is 5.38. The van der Waals surface area contributed by atoms with Crippen LogP contribution in [0.2, 0.25) is 0 Å². The van der Waals surface area contributed by atoms with Gasteiger partial charge in [-0.2, -0.15) is 0 Å². The minimum Gasteiger partial charge on any atom is -0.492 e. The number of rotatable bonds is 7. The number of nitrogens with two attached hydrogens (primary N) is 1. The Bertz CT molecular complexity index is 314. The maximum absolute atomic E-state index is 10.7. The third-order valence-corrected chi connectivity index (χ3v) is 2.23. The third kappa shape index (κ3) is 4.79. The van der Waals surface area contributed by atoms with Crippen molar-refractivity contribution in [3.05, 3.63) is 30.3 Å². The van der Waals surface area contributed by atoms with E-state index < -0.39 is 0 Å². The summed E-state index contributed by atoms with van der Waals surface area (Å²) in [5.74, 6) is 0.431. The normalized spacial score (nSPS) is 12.1. The second-order valence-corrected chi connectivity index (χ2v) is 3.67. The van der Waals surface area contributed by atoms with Crippen molar-refractivity contribution in [2.24, 2.45) is 11.7 Å². The molecule has 0 fully saturated rings. The van der Waals surface area contributed by atoms with Crippen LogP contribution < -0.4 is 15.8 Å². The molecular weight excluding hydrogens is 204 g/mol. The summed E-state index contributed by atoms with van der Waals surface area (Å²) in [4.78, 5) is 10.7. The van der Waals surface area contributed by atoms with Crippen molar-refractivity contribution in [3.63, 3.8) is 0 Å². The number of amides is 1. The van der Waals surface area contributed by atoms with E-state index in [0.717, 1.165) is 5.75 Å². The Labute approximate surface area is 95.8 Å². The van der Waals surface area contributed by atoms with E-state index in [2.05, 4.69) is 5.32 Å². The molecule has 1 amide bonds. The first-order valence-corrected chi connectivity index (χ1v) is 5.38. The fraction of sp³-hybridized carbons (Fsp3) is 0.417. The van der Waals surface area contributed by atoms with Crippen molar-refractivity contribution in [1.29, 1.82) is 0 Å². The van der Waals surface area contributed by atoms with Crippen LogP contribution in [0.5, 0.6) is 5.75 Å². The Hall–Kier alpha value is -1.55. The van der Waals surface area contributed by atoms with Gasteiger partial charge in [0.05, 0.1) is 0 Å². The predicted molar refractivity (Wildman–Crippen MR) is 63.2 cm³/mol. The summed E-state index contributed by atoms with van der Waals surface area (Å²) in [6, 6.07) is 9.62. The standard InChI is InChI=1S/C12H18N2O2/c1-10(12(13)15)9-14-7-8-16-11-5-3-2-4-6-11/h2-6,10,14H,7-9H2,1H3,(H2,13,15). The number of nitrogens with one attached hydrogen (secondary N) is 1. The molecule has 0 saturated carbocycles. The van der Waals surface area contributed by atoms with Crippen LogP contribution >= 0.6 is 0 Å². The predicted octanol–water partition coefficient (Wildman–Crippen LogP) is 0.776. The number of carbonyl (C=O) groups excluding carboxylic acids is 1.